The predicted octanol–water partition coefficient (Wildman–Crippen LogP) is 2.88. The van der Waals surface area contributed by atoms with Gasteiger partial charge in [0.05, 0.1) is 0 Å². The predicted molar refractivity (Wildman–Crippen MR) is 59.9 cm³/mol. The number of thiophene rings is 1. The lowest BCUT2D eigenvalue weighted by molar-refractivity contribution is 1.08. The van der Waals surface area contributed by atoms with Gasteiger partial charge in [0.2, 0.25) is 0 Å². The monoisotopic (exact) mass is 227 g/mol. The Balaban J connectivity index is 3.03. The van der Waals surface area contributed by atoms with Gasteiger partial charge in [0, 0.05) is 10.3 Å². The van der Waals surface area contributed by atoms with Gasteiger partial charge in [0.15, 0.2) is 4.77 Å². The van der Waals surface area contributed by atoms with Crippen molar-refractivity contribution in [3.8, 4) is 0 Å². The van der Waals surface area contributed by atoms with Gasteiger partial charge in [-0.05, 0) is 31.6 Å². The molecule has 0 saturated carbocycles. The van der Waals surface area contributed by atoms with Crippen LogP contribution in [0.3, 0.4) is 0 Å². The van der Waals surface area contributed by atoms with E-state index in [4.69, 9.17) is 24.8 Å². The molecule has 2 rings (SSSR count). The fourth-order valence-corrected chi connectivity index (χ4v) is 3.00. The van der Waals surface area contributed by atoms with Gasteiger partial charge < -0.3 is 17.6 Å². The van der Waals surface area contributed by atoms with E-state index in [1.165, 1.54) is 10.4 Å². The summed E-state index contributed by atoms with van der Waals surface area (Å²) in [5, 5.41) is 1.75. The fraction of sp³-hybridized carbons (Fsp3) is 0.250. The number of aromatic amines is 1. The van der Waals surface area contributed by atoms with Gasteiger partial charge in [-0.1, -0.05) is 5.03 Å². The molecule has 13 heavy (non-hydrogen) atoms. The molecule has 0 unspecified atom stereocenters. The quantitative estimate of drug-likeness (QED) is 0.426. The topological polar surface area (TPSA) is 28.7 Å². The highest BCUT2D eigenvalue weighted by Crippen LogP contribution is 2.29. The number of aryl methyl sites for hydroxylation is 2. The zero-order valence-corrected chi connectivity index (χ0v) is 9.62. The standard InChI is InChI=1S/C8H8N2S3/c1-3-4(2)13-7-5(3)6(11)9-8(12)10-7/h1-2H3,(H2,9,10,11,12)/p-1. The Kier molecular flexibility index (Phi) is 2.09. The lowest BCUT2D eigenvalue weighted by Crippen LogP contribution is -1.86. The summed E-state index contributed by atoms with van der Waals surface area (Å²) in [7, 11) is 0. The Morgan fingerprint density at radius 1 is 1.46 bits per heavy atom. The highest BCUT2D eigenvalue weighted by Gasteiger charge is 2.05. The van der Waals surface area contributed by atoms with Crippen molar-refractivity contribution in [2.45, 2.75) is 18.9 Å². The summed E-state index contributed by atoms with van der Waals surface area (Å²) in [6, 6.07) is 0. The van der Waals surface area contributed by atoms with Crippen molar-refractivity contribution >= 4 is 46.4 Å². The summed E-state index contributed by atoms with van der Waals surface area (Å²) in [6.07, 6.45) is 0. The average molecular weight is 227 g/mol. The van der Waals surface area contributed by atoms with Crippen LogP contribution in [0.1, 0.15) is 10.4 Å². The van der Waals surface area contributed by atoms with E-state index in [9.17, 15) is 0 Å². The van der Waals surface area contributed by atoms with E-state index in [0.29, 0.717) is 9.80 Å². The number of nitrogens with one attached hydrogen (secondary N) is 1. The maximum absolute atomic E-state index is 5.19. The molecule has 0 amide bonds. The second-order valence-corrected chi connectivity index (χ2v) is 4.83. The van der Waals surface area contributed by atoms with E-state index in [-0.39, 0.29) is 0 Å². The first-order valence-electron chi connectivity index (χ1n) is 3.76. The Hall–Kier alpha value is -0.520. The van der Waals surface area contributed by atoms with Gasteiger partial charge in [-0.25, -0.2) is 4.98 Å². The largest absolute Gasteiger partial charge is 0.762 e. The molecule has 0 radical (unpaired) electrons. The summed E-state index contributed by atoms with van der Waals surface area (Å²) in [5.41, 5.74) is 1.21. The Morgan fingerprint density at radius 2 is 2.15 bits per heavy atom. The Labute approximate surface area is 90.4 Å². The van der Waals surface area contributed by atoms with E-state index in [1.54, 1.807) is 11.3 Å². The highest BCUT2D eigenvalue weighted by molar-refractivity contribution is 7.71. The van der Waals surface area contributed by atoms with Crippen LogP contribution in [0, 0.1) is 18.6 Å². The molecule has 0 aliphatic rings. The minimum atomic E-state index is 0.471. The molecule has 0 saturated heterocycles. The van der Waals surface area contributed by atoms with Crippen LogP contribution in [-0.2, 0) is 12.6 Å². The summed E-state index contributed by atoms with van der Waals surface area (Å²) in [5.74, 6) is 0. The summed E-state index contributed by atoms with van der Waals surface area (Å²) in [4.78, 5) is 9.32. The average Bonchev–Trinajstić information content (AvgIpc) is 2.27. The van der Waals surface area contributed by atoms with Crippen molar-refractivity contribution in [2.75, 3.05) is 0 Å². The van der Waals surface area contributed by atoms with Gasteiger partial charge >= 0.3 is 0 Å². The number of hydrogen-bond donors (Lipinski definition) is 1. The molecular weight excluding hydrogens is 220 g/mol. The number of rotatable bonds is 0. The highest BCUT2D eigenvalue weighted by atomic mass is 32.1. The summed E-state index contributed by atoms with van der Waals surface area (Å²) >= 11 is 11.8. The van der Waals surface area contributed by atoms with Crippen molar-refractivity contribution < 1.29 is 0 Å². The third-order valence-electron chi connectivity index (χ3n) is 2.02. The number of nitrogens with zero attached hydrogens (tertiary/aromatic N) is 1. The number of H-pyrrole nitrogens is 1. The third kappa shape index (κ3) is 1.37. The SMILES string of the molecule is Cc1sc2nc(=S)[nH]c([S-])c2c1C. The Bertz CT molecular complexity index is 524. The van der Waals surface area contributed by atoms with Crippen LogP contribution >= 0.6 is 23.6 Å². The zero-order valence-electron chi connectivity index (χ0n) is 7.17. The number of aromatic nitrogens is 2. The molecule has 0 aliphatic carbocycles. The van der Waals surface area contributed by atoms with Crippen LogP contribution < -0.4 is 0 Å². The first-order chi connectivity index (χ1) is 6.09. The molecule has 5 heteroatoms. The van der Waals surface area contributed by atoms with E-state index in [0.717, 1.165) is 10.2 Å². The number of hydrogen-bond acceptors (Lipinski definition) is 4. The van der Waals surface area contributed by atoms with Crippen LogP contribution in [0.4, 0.5) is 0 Å². The van der Waals surface area contributed by atoms with Crippen LogP contribution in [0.5, 0.6) is 0 Å². The van der Waals surface area contributed by atoms with Crippen LogP contribution in [0.2, 0.25) is 0 Å². The van der Waals surface area contributed by atoms with Crippen molar-refractivity contribution in [3.05, 3.63) is 15.2 Å². The van der Waals surface area contributed by atoms with Crippen molar-refractivity contribution in [1.29, 1.82) is 0 Å². The minimum Gasteiger partial charge on any atom is -0.762 e. The van der Waals surface area contributed by atoms with Crippen LogP contribution in [0.15, 0.2) is 5.03 Å². The molecule has 0 atom stereocenters. The van der Waals surface area contributed by atoms with Crippen molar-refractivity contribution in [3.63, 3.8) is 0 Å². The maximum Gasteiger partial charge on any atom is 0.196 e. The molecule has 1 N–H and O–H groups in total. The van der Waals surface area contributed by atoms with Gasteiger partial charge in [0.1, 0.15) is 4.83 Å². The molecule has 0 aliphatic heterocycles. The zero-order chi connectivity index (χ0) is 9.59. The van der Waals surface area contributed by atoms with Gasteiger partial charge in [-0.2, -0.15) is 0 Å². The molecule has 2 nitrogen and oxygen atoms in total. The minimum absolute atomic E-state index is 0.471. The lowest BCUT2D eigenvalue weighted by atomic mass is 10.2. The fourth-order valence-electron chi connectivity index (χ4n) is 1.23. The first kappa shape index (κ1) is 9.05. The molecule has 0 spiro atoms. The first-order valence-corrected chi connectivity index (χ1v) is 5.40. The summed E-state index contributed by atoms with van der Waals surface area (Å²) in [6.45, 7) is 4.13. The van der Waals surface area contributed by atoms with E-state index >= 15 is 0 Å². The van der Waals surface area contributed by atoms with Crippen LogP contribution in [0.25, 0.3) is 10.2 Å². The van der Waals surface area contributed by atoms with E-state index < -0.39 is 0 Å². The molecule has 0 fully saturated rings. The van der Waals surface area contributed by atoms with Crippen molar-refractivity contribution in [1.82, 2.24) is 9.97 Å². The molecule has 2 aromatic rings. The molecule has 2 heterocycles. The second-order valence-electron chi connectivity index (χ2n) is 2.83. The lowest BCUT2D eigenvalue weighted by Gasteiger charge is -2.07. The third-order valence-corrected chi connectivity index (χ3v) is 3.62. The Morgan fingerprint density at radius 3 is 2.85 bits per heavy atom. The smallest absolute Gasteiger partial charge is 0.196 e. The van der Waals surface area contributed by atoms with E-state index in [1.807, 2.05) is 0 Å². The normalized spacial score (nSPS) is 10.9. The molecular formula is C8H7N2S3-. The van der Waals surface area contributed by atoms with Gasteiger partial charge in [-0.3, -0.25) is 0 Å². The molecule has 2 aromatic heterocycles. The van der Waals surface area contributed by atoms with Crippen molar-refractivity contribution in [2.24, 2.45) is 0 Å². The van der Waals surface area contributed by atoms with Gasteiger partial charge in [-0.15, -0.1) is 11.3 Å². The molecule has 68 valence electrons. The van der Waals surface area contributed by atoms with Crippen LogP contribution in [-0.4, -0.2) is 9.97 Å². The molecule has 0 aromatic carbocycles. The van der Waals surface area contributed by atoms with Gasteiger partial charge in [0.25, 0.3) is 0 Å². The summed E-state index contributed by atoms with van der Waals surface area (Å²) < 4.78 is 0.471. The molecule has 0 bridgehead atoms. The second kappa shape index (κ2) is 3.01. The maximum atomic E-state index is 5.19. The van der Waals surface area contributed by atoms with E-state index in [2.05, 4.69) is 23.8 Å². The number of fused-ring (bicyclic) bond motifs is 1.